The predicted molar refractivity (Wildman–Crippen MR) is 205 cm³/mol. The van der Waals surface area contributed by atoms with Crippen molar-refractivity contribution in [2.45, 2.75) is 62.4 Å². The highest BCUT2D eigenvalue weighted by Crippen LogP contribution is 2.43. The monoisotopic (exact) mass is 730 g/mol. The quantitative estimate of drug-likeness (QED) is 0.201. The van der Waals surface area contributed by atoms with Gasteiger partial charge in [-0.3, -0.25) is 9.79 Å². The summed E-state index contributed by atoms with van der Waals surface area (Å²) >= 11 is 0. The molecule has 1 unspecified atom stereocenters. The summed E-state index contributed by atoms with van der Waals surface area (Å²) in [4.78, 5) is 41.6. The molecule has 4 fully saturated rings. The molecule has 0 aliphatic carbocycles. The number of aliphatic imine (C=N–C) groups is 1. The zero-order valence-electron chi connectivity index (χ0n) is 30.5. The van der Waals surface area contributed by atoms with Gasteiger partial charge in [0.05, 0.1) is 44.8 Å². The van der Waals surface area contributed by atoms with Gasteiger partial charge in [-0.25, -0.2) is 9.78 Å². The fraction of sp³-hybridized carbons (Fsp3) is 0.429. The third kappa shape index (κ3) is 6.83. The summed E-state index contributed by atoms with van der Waals surface area (Å²) in [5, 5.41) is 8.64. The van der Waals surface area contributed by atoms with E-state index in [1.807, 2.05) is 12.4 Å². The van der Waals surface area contributed by atoms with Gasteiger partial charge in [-0.1, -0.05) is 48.5 Å². The summed E-state index contributed by atoms with van der Waals surface area (Å²) in [6, 6.07) is 21.0. The second kappa shape index (κ2) is 14.7. The molecular weight excluding hydrogens is 684 g/mol. The van der Waals surface area contributed by atoms with E-state index in [1.165, 1.54) is 42.4 Å². The summed E-state index contributed by atoms with van der Waals surface area (Å²) in [5.74, 6) is -0.575. The second-order valence-corrected chi connectivity index (χ2v) is 15.0. The van der Waals surface area contributed by atoms with E-state index in [2.05, 4.69) is 76.3 Å². The number of carbonyl (C=O) groups excluding carboxylic acids is 2. The molecule has 0 saturated carbocycles. The van der Waals surface area contributed by atoms with Crippen molar-refractivity contribution in [2.75, 3.05) is 46.6 Å². The Morgan fingerprint density at radius 1 is 0.926 bits per heavy atom. The van der Waals surface area contributed by atoms with Gasteiger partial charge in [0.1, 0.15) is 11.9 Å². The van der Waals surface area contributed by atoms with Crippen LogP contribution in [-0.2, 0) is 23.7 Å². The molecule has 12 nitrogen and oxygen atoms in total. The number of rotatable bonds is 8. The molecule has 280 valence electrons. The minimum Gasteiger partial charge on any atom is -0.453 e. The minimum absolute atomic E-state index is 0.0882. The van der Waals surface area contributed by atoms with Gasteiger partial charge in [-0.2, -0.15) is 0 Å². The molecule has 4 saturated heterocycles. The molecule has 1 aromatic heterocycles. The van der Waals surface area contributed by atoms with Crippen molar-refractivity contribution in [1.82, 2.24) is 25.5 Å². The number of hydrogen-bond donors (Lipinski definition) is 3. The number of alkyl carbamates (subject to hydrolysis) is 1. The number of likely N-dealkylation sites (tertiary alicyclic amines) is 1. The van der Waals surface area contributed by atoms with Crippen LogP contribution in [0.2, 0.25) is 0 Å². The van der Waals surface area contributed by atoms with Crippen LogP contribution in [0.4, 0.5) is 4.79 Å². The van der Waals surface area contributed by atoms with Gasteiger partial charge >= 0.3 is 6.09 Å². The van der Waals surface area contributed by atoms with Crippen LogP contribution in [0.5, 0.6) is 0 Å². The number of nitrogens with one attached hydrogen (secondary N) is 3. The van der Waals surface area contributed by atoms with Crippen molar-refractivity contribution in [3.63, 3.8) is 0 Å². The molecule has 3 atom stereocenters. The number of hydrogen-bond acceptors (Lipinski definition) is 9. The molecule has 0 radical (unpaired) electrons. The smallest absolute Gasteiger partial charge is 0.407 e. The maximum atomic E-state index is 14.4. The molecule has 5 aliphatic heterocycles. The van der Waals surface area contributed by atoms with Crippen LogP contribution < -0.4 is 10.6 Å². The molecule has 5 aliphatic rings. The lowest BCUT2D eigenvalue weighted by molar-refractivity contribution is -0.154. The highest BCUT2D eigenvalue weighted by atomic mass is 16.7. The van der Waals surface area contributed by atoms with E-state index in [0.29, 0.717) is 57.6 Å². The molecule has 0 bridgehead atoms. The van der Waals surface area contributed by atoms with E-state index in [9.17, 15) is 9.59 Å². The zero-order valence-corrected chi connectivity index (χ0v) is 30.5. The average molecular weight is 731 g/mol. The molecule has 1 spiro atoms. The number of H-pyrrole nitrogens is 1. The number of fused-ring (bicyclic) bond motifs is 1. The Morgan fingerprint density at radius 3 is 2.39 bits per heavy atom. The van der Waals surface area contributed by atoms with Gasteiger partial charge in [0, 0.05) is 49.6 Å². The van der Waals surface area contributed by atoms with Crippen LogP contribution in [-0.4, -0.2) is 97.1 Å². The Balaban J connectivity index is 0.925. The fourth-order valence-corrected chi connectivity index (χ4v) is 8.74. The SMILES string of the molecule is COC(=O)N[C@H](C(=O)N1CC2(C[C@H]1c1ncc(-c3ccc4cc(-c5ccc(C6=CN=C(C7CCCN7)C6)cc5)ccc4c3)[nH]1)OCCO2)C1CCOCC1. The van der Waals surface area contributed by atoms with Crippen LogP contribution in [0.1, 0.15) is 56.0 Å². The number of amides is 2. The van der Waals surface area contributed by atoms with Crippen LogP contribution in [0, 0.1) is 5.92 Å². The van der Waals surface area contributed by atoms with E-state index in [4.69, 9.17) is 28.9 Å². The molecule has 4 aromatic rings. The molecule has 9 rings (SSSR count). The Hall–Kier alpha value is -4.88. The number of methoxy groups -OCH3 is 1. The van der Waals surface area contributed by atoms with Gasteiger partial charge in [0.25, 0.3) is 0 Å². The highest BCUT2D eigenvalue weighted by molar-refractivity contribution is 6.01. The van der Waals surface area contributed by atoms with Gasteiger partial charge in [0.15, 0.2) is 5.79 Å². The number of carbonyl (C=O) groups is 2. The van der Waals surface area contributed by atoms with Gasteiger partial charge in [0.2, 0.25) is 5.91 Å². The Bertz CT molecular complexity index is 2090. The van der Waals surface area contributed by atoms with Gasteiger partial charge < -0.3 is 39.5 Å². The van der Waals surface area contributed by atoms with Crippen LogP contribution in [0.3, 0.4) is 0 Å². The third-order valence-corrected chi connectivity index (χ3v) is 11.7. The van der Waals surface area contributed by atoms with Crippen molar-refractivity contribution in [3.8, 4) is 22.4 Å². The van der Waals surface area contributed by atoms with Crippen molar-refractivity contribution in [3.05, 3.63) is 84.4 Å². The number of benzene rings is 3. The highest BCUT2D eigenvalue weighted by Gasteiger charge is 2.53. The lowest BCUT2D eigenvalue weighted by Crippen LogP contribution is -2.54. The first-order valence-electron chi connectivity index (χ1n) is 19.1. The lowest BCUT2D eigenvalue weighted by atomic mass is 9.90. The number of aromatic amines is 1. The van der Waals surface area contributed by atoms with Crippen molar-refractivity contribution in [1.29, 1.82) is 0 Å². The molecule has 3 N–H and O–H groups in total. The largest absolute Gasteiger partial charge is 0.453 e. The first-order chi connectivity index (χ1) is 26.4. The second-order valence-electron chi connectivity index (χ2n) is 15.0. The summed E-state index contributed by atoms with van der Waals surface area (Å²) in [7, 11) is 1.30. The maximum Gasteiger partial charge on any atom is 0.407 e. The van der Waals surface area contributed by atoms with E-state index >= 15 is 0 Å². The van der Waals surface area contributed by atoms with Crippen LogP contribution in [0.15, 0.2) is 78.1 Å². The number of allylic oxidation sites excluding steroid dienone is 1. The van der Waals surface area contributed by atoms with Crippen LogP contribution >= 0.6 is 0 Å². The third-order valence-electron chi connectivity index (χ3n) is 11.7. The number of aromatic nitrogens is 2. The number of imidazole rings is 1. The van der Waals surface area contributed by atoms with Gasteiger partial charge in [-0.15, -0.1) is 0 Å². The maximum absolute atomic E-state index is 14.4. The van der Waals surface area contributed by atoms with Gasteiger partial charge in [-0.05, 0) is 83.3 Å². The van der Waals surface area contributed by atoms with E-state index < -0.39 is 24.0 Å². The Labute approximate surface area is 314 Å². The Kier molecular flexibility index (Phi) is 9.52. The molecule has 2 amide bonds. The summed E-state index contributed by atoms with van der Waals surface area (Å²) < 4.78 is 22.7. The van der Waals surface area contributed by atoms with E-state index in [0.717, 1.165) is 40.6 Å². The first-order valence-corrected chi connectivity index (χ1v) is 19.1. The minimum atomic E-state index is -0.918. The molecular formula is C42H46N6O6. The molecule has 6 heterocycles. The molecule has 54 heavy (non-hydrogen) atoms. The average Bonchev–Trinajstić information content (AvgIpc) is 4.08. The van der Waals surface area contributed by atoms with E-state index in [1.54, 1.807) is 4.90 Å². The Morgan fingerprint density at radius 2 is 1.65 bits per heavy atom. The summed E-state index contributed by atoms with van der Waals surface area (Å²) in [6.45, 7) is 3.30. The standard InChI is InChI=1S/C42H46N6O6/c1-51-41(50)47-38(28-12-15-52-16-13-28)40(49)48-25-42(53-17-18-54-42)22-37(48)39-45-24-36(46-39)32-11-10-30-19-29(8-9-31(30)20-32)26-4-6-27(7-5-26)33-21-35(44-23-33)34-3-2-14-43-34/h4-11,19-20,23-24,28,34,37-38,43H,2-3,12-18,21-22,25H2,1H3,(H,45,46)(H,47,50)/t34?,37-,38-/m0/s1. The summed E-state index contributed by atoms with van der Waals surface area (Å²) in [6.07, 6.45) is 8.27. The topological polar surface area (TPSA) is 139 Å². The zero-order chi connectivity index (χ0) is 36.6. The van der Waals surface area contributed by atoms with E-state index in [-0.39, 0.29) is 18.4 Å². The number of nitrogens with zero attached hydrogens (tertiary/aromatic N) is 3. The fourth-order valence-electron chi connectivity index (χ4n) is 8.74. The van der Waals surface area contributed by atoms with Crippen molar-refractivity contribution >= 4 is 34.1 Å². The van der Waals surface area contributed by atoms with Crippen molar-refractivity contribution < 1.29 is 28.5 Å². The van der Waals surface area contributed by atoms with Crippen LogP contribution in [0.25, 0.3) is 38.7 Å². The number of ether oxygens (including phenoxy) is 4. The predicted octanol–water partition coefficient (Wildman–Crippen LogP) is 6.00. The first kappa shape index (κ1) is 34.9. The van der Waals surface area contributed by atoms with Crippen molar-refractivity contribution in [2.24, 2.45) is 10.9 Å². The lowest BCUT2D eigenvalue weighted by Gasteiger charge is -2.34. The molecule has 12 heteroatoms. The molecule has 3 aromatic carbocycles. The summed E-state index contributed by atoms with van der Waals surface area (Å²) in [5.41, 5.74) is 7.93. The normalized spacial score (nSPS) is 23.2.